The number of nitrogens with one attached hydrogen (secondary N) is 2. The zero-order valence-corrected chi connectivity index (χ0v) is 10.7. The van der Waals surface area contributed by atoms with E-state index in [0.29, 0.717) is 0 Å². The van der Waals surface area contributed by atoms with Crippen molar-refractivity contribution in [2.24, 2.45) is 5.92 Å². The van der Waals surface area contributed by atoms with Gasteiger partial charge in [-0.2, -0.15) is 0 Å². The van der Waals surface area contributed by atoms with Gasteiger partial charge in [-0.15, -0.1) is 0 Å². The average molecular weight is 270 g/mol. The summed E-state index contributed by atoms with van der Waals surface area (Å²) in [6, 6.07) is 13.0. The Morgan fingerprint density at radius 2 is 1.85 bits per heavy atom. The van der Waals surface area contributed by atoms with E-state index in [0.717, 1.165) is 12.0 Å². The Bertz CT molecular complexity index is 607. The van der Waals surface area contributed by atoms with Crippen molar-refractivity contribution in [1.29, 1.82) is 0 Å². The van der Waals surface area contributed by atoms with Crippen molar-refractivity contribution >= 4 is 11.8 Å². The molecule has 1 heterocycles. The summed E-state index contributed by atoms with van der Waals surface area (Å²) in [5.41, 5.74) is 5.94. The van der Waals surface area contributed by atoms with Crippen molar-refractivity contribution in [3.8, 4) is 0 Å². The molecule has 1 fully saturated rings. The van der Waals surface area contributed by atoms with Gasteiger partial charge in [-0.3, -0.25) is 20.4 Å². The van der Waals surface area contributed by atoms with Gasteiger partial charge in [0, 0.05) is 5.92 Å². The molecular weight excluding hydrogens is 256 g/mol. The molecule has 0 bridgehead atoms. The lowest BCUT2D eigenvalue weighted by molar-refractivity contribution is -0.123. The normalized spacial score (nSPS) is 20.2. The highest BCUT2D eigenvalue weighted by Gasteiger charge is 2.43. The smallest absolute Gasteiger partial charge is 0.305 e. The van der Waals surface area contributed by atoms with Crippen LogP contribution in [-0.4, -0.2) is 11.8 Å². The van der Waals surface area contributed by atoms with Gasteiger partial charge in [-0.25, -0.2) is 0 Å². The van der Waals surface area contributed by atoms with Gasteiger partial charge in [-0.05, 0) is 30.0 Å². The first kappa shape index (κ1) is 12.5. The standard InChI is InChI=1S/C15H14N2O3/c18-14(16-17-15(19)13-7-4-8-20-13)12-9-11(12)10-5-2-1-3-6-10/h1-8,11-12H,9H2,(H,16,18)(H,17,19). The number of hydrogen-bond acceptors (Lipinski definition) is 3. The molecule has 102 valence electrons. The van der Waals surface area contributed by atoms with E-state index in [4.69, 9.17) is 4.42 Å². The first-order valence-electron chi connectivity index (χ1n) is 6.44. The highest BCUT2D eigenvalue weighted by atomic mass is 16.3. The fourth-order valence-corrected chi connectivity index (χ4v) is 2.23. The summed E-state index contributed by atoms with van der Waals surface area (Å²) in [4.78, 5) is 23.5. The minimum absolute atomic E-state index is 0.0747. The number of hydrazine groups is 1. The molecule has 2 unspecified atom stereocenters. The third kappa shape index (κ3) is 2.56. The van der Waals surface area contributed by atoms with E-state index in [2.05, 4.69) is 10.9 Å². The lowest BCUT2D eigenvalue weighted by Crippen LogP contribution is -2.42. The maximum absolute atomic E-state index is 11.9. The fourth-order valence-electron chi connectivity index (χ4n) is 2.23. The van der Waals surface area contributed by atoms with E-state index in [1.807, 2.05) is 30.3 Å². The van der Waals surface area contributed by atoms with Crippen LogP contribution in [-0.2, 0) is 4.79 Å². The van der Waals surface area contributed by atoms with Gasteiger partial charge in [0.25, 0.3) is 0 Å². The monoisotopic (exact) mass is 270 g/mol. The van der Waals surface area contributed by atoms with Crippen molar-refractivity contribution in [2.45, 2.75) is 12.3 Å². The number of furan rings is 1. The SMILES string of the molecule is O=C(NNC(=O)C1CC1c1ccccc1)c1ccco1. The largest absolute Gasteiger partial charge is 0.459 e. The van der Waals surface area contributed by atoms with E-state index < -0.39 is 5.91 Å². The quantitative estimate of drug-likeness (QED) is 0.836. The second-order valence-electron chi connectivity index (χ2n) is 4.78. The highest BCUT2D eigenvalue weighted by Crippen LogP contribution is 2.47. The summed E-state index contributed by atoms with van der Waals surface area (Å²) in [7, 11) is 0. The van der Waals surface area contributed by atoms with E-state index in [1.54, 1.807) is 6.07 Å². The van der Waals surface area contributed by atoms with Crippen LogP contribution >= 0.6 is 0 Å². The minimum atomic E-state index is -0.458. The molecule has 1 saturated carbocycles. The number of benzene rings is 1. The van der Waals surface area contributed by atoms with Crippen LogP contribution < -0.4 is 10.9 Å². The molecule has 2 aromatic rings. The molecule has 1 aliphatic rings. The predicted molar refractivity (Wildman–Crippen MR) is 71.6 cm³/mol. The molecule has 0 spiro atoms. The van der Waals surface area contributed by atoms with Crippen molar-refractivity contribution in [2.75, 3.05) is 0 Å². The summed E-state index contributed by atoms with van der Waals surface area (Å²) in [5, 5.41) is 0. The Kier molecular flexibility index (Phi) is 3.25. The first-order chi connectivity index (χ1) is 9.75. The van der Waals surface area contributed by atoms with Crippen LogP contribution in [0.15, 0.2) is 53.1 Å². The Hall–Kier alpha value is -2.56. The number of carbonyl (C=O) groups is 2. The van der Waals surface area contributed by atoms with Crippen molar-refractivity contribution < 1.29 is 14.0 Å². The maximum atomic E-state index is 11.9. The molecule has 1 aromatic carbocycles. The van der Waals surface area contributed by atoms with Gasteiger partial charge in [0.15, 0.2) is 5.76 Å². The number of hydrogen-bond donors (Lipinski definition) is 2. The van der Waals surface area contributed by atoms with E-state index in [1.165, 1.54) is 12.3 Å². The Morgan fingerprint density at radius 1 is 1.05 bits per heavy atom. The van der Waals surface area contributed by atoms with Crippen molar-refractivity contribution in [3.05, 3.63) is 60.1 Å². The fraction of sp³-hybridized carbons (Fsp3) is 0.200. The number of amides is 2. The molecule has 3 rings (SSSR count). The molecule has 2 N–H and O–H groups in total. The van der Waals surface area contributed by atoms with Crippen LogP contribution in [0.1, 0.15) is 28.5 Å². The summed E-state index contributed by atoms with van der Waals surface area (Å²) in [5.74, 6) is -0.286. The van der Waals surface area contributed by atoms with Crippen LogP contribution in [0.25, 0.3) is 0 Å². The van der Waals surface area contributed by atoms with Crippen LogP contribution in [0, 0.1) is 5.92 Å². The summed E-state index contributed by atoms with van der Waals surface area (Å²) in [6.45, 7) is 0. The van der Waals surface area contributed by atoms with E-state index in [-0.39, 0.29) is 23.5 Å². The van der Waals surface area contributed by atoms with Gasteiger partial charge in [0.1, 0.15) is 0 Å². The Morgan fingerprint density at radius 3 is 2.55 bits per heavy atom. The maximum Gasteiger partial charge on any atom is 0.305 e. The molecule has 0 aliphatic heterocycles. The van der Waals surface area contributed by atoms with Crippen LogP contribution in [0.2, 0.25) is 0 Å². The first-order valence-corrected chi connectivity index (χ1v) is 6.44. The second-order valence-corrected chi connectivity index (χ2v) is 4.78. The molecule has 2 atom stereocenters. The van der Waals surface area contributed by atoms with Gasteiger partial charge in [0.2, 0.25) is 5.91 Å². The molecule has 2 amide bonds. The minimum Gasteiger partial charge on any atom is -0.459 e. The summed E-state index contributed by atoms with van der Waals surface area (Å²) >= 11 is 0. The lowest BCUT2D eigenvalue weighted by atomic mass is 10.1. The van der Waals surface area contributed by atoms with Crippen LogP contribution in [0.3, 0.4) is 0 Å². The van der Waals surface area contributed by atoms with Gasteiger partial charge < -0.3 is 4.42 Å². The summed E-state index contributed by atoms with van der Waals surface area (Å²) in [6.07, 6.45) is 2.22. The molecule has 1 aromatic heterocycles. The number of carbonyl (C=O) groups excluding carboxylic acids is 2. The van der Waals surface area contributed by atoms with E-state index >= 15 is 0 Å². The zero-order chi connectivity index (χ0) is 13.9. The van der Waals surface area contributed by atoms with Crippen molar-refractivity contribution in [1.82, 2.24) is 10.9 Å². The Balaban J connectivity index is 1.51. The highest BCUT2D eigenvalue weighted by molar-refractivity contribution is 5.93. The topological polar surface area (TPSA) is 71.3 Å². The Labute approximate surface area is 115 Å². The molecule has 5 heteroatoms. The molecular formula is C15H14N2O3. The molecule has 20 heavy (non-hydrogen) atoms. The third-order valence-corrected chi connectivity index (χ3v) is 3.40. The predicted octanol–water partition coefficient (Wildman–Crippen LogP) is 1.84. The summed E-state index contributed by atoms with van der Waals surface area (Å²) < 4.78 is 4.93. The lowest BCUT2D eigenvalue weighted by Gasteiger charge is -2.05. The molecule has 1 aliphatic carbocycles. The average Bonchev–Trinajstić information content (AvgIpc) is 3.10. The van der Waals surface area contributed by atoms with Gasteiger partial charge in [-0.1, -0.05) is 30.3 Å². The van der Waals surface area contributed by atoms with Crippen molar-refractivity contribution in [3.63, 3.8) is 0 Å². The van der Waals surface area contributed by atoms with Crippen LogP contribution in [0.5, 0.6) is 0 Å². The molecule has 0 saturated heterocycles. The van der Waals surface area contributed by atoms with Gasteiger partial charge in [0.05, 0.1) is 6.26 Å². The third-order valence-electron chi connectivity index (χ3n) is 3.40. The van der Waals surface area contributed by atoms with Crippen LogP contribution in [0.4, 0.5) is 0 Å². The number of rotatable bonds is 3. The van der Waals surface area contributed by atoms with Gasteiger partial charge >= 0.3 is 5.91 Å². The van der Waals surface area contributed by atoms with E-state index in [9.17, 15) is 9.59 Å². The second kappa shape index (κ2) is 5.21. The zero-order valence-electron chi connectivity index (χ0n) is 10.7. The molecule has 0 radical (unpaired) electrons. The molecule has 5 nitrogen and oxygen atoms in total.